The van der Waals surface area contributed by atoms with E-state index < -0.39 is 29.7 Å². The van der Waals surface area contributed by atoms with Gasteiger partial charge in [0.25, 0.3) is 0 Å². The zero-order valence-corrected chi connectivity index (χ0v) is 14.8. The number of para-hydroxylation sites is 1. The second kappa shape index (κ2) is 6.65. The fraction of sp³-hybridized carbons (Fsp3) is 0.421. The summed E-state index contributed by atoms with van der Waals surface area (Å²) in [5.41, 5.74) is -0.227. The minimum atomic E-state index is -4.55. The normalized spacial score (nSPS) is 22.4. The molecule has 1 aromatic heterocycles. The molecule has 1 N–H and O–H groups in total. The third kappa shape index (κ3) is 3.36. The molecular weight excluding hydrogens is 375 g/mol. The van der Waals surface area contributed by atoms with Crippen LogP contribution >= 0.6 is 0 Å². The first kappa shape index (κ1) is 18.5. The number of fused-ring (bicyclic) bond motifs is 1. The number of benzene rings is 1. The van der Waals surface area contributed by atoms with Crippen LogP contribution in [0.5, 0.6) is 0 Å². The van der Waals surface area contributed by atoms with E-state index in [1.54, 1.807) is 29.2 Å². The maximum Gasteiger partial charge on any atom is 0.433 e. The van der Waals surface area contributed by atoms with E-state index in [1.165, 1.54) is 0 Å². The Balaban J connectivity index is 1.54. The summed E-state index contributed by atoms with van der Waals surface area (Å²) in [5, 5.41) is 9.61. The van der Waals surface area contributed by atoms with E-state index in [2.05, 4.69) is 4.98 Å². The van der Waals surface area contributed by atoms with E-state index in [0.717, 1.165) is 6.07 Å². The molecule has 0 radical (unpaired) electrons. The molecule has 2 fully saturated rings. The van der Waals surface area contributed by atoms with Crippen LogP contribution in [0.1, 0.15) is 12.1 Å². The van der Waals surface area contributed by atoms with Crippen LogP contribution in [-0.2, 0) is 15.8 Å². The quantitative estimate of drug-likeness (QED) is 0.868. The van der Waals surface area contributed by atoms with Crippen molar-refractivity contribution in [2.45, 2.75) is 12.6 Å². The summed E-state index contributed by atoms with van der Waals surface area (Å²) < 4.78 is 39.7. The zero-order valence-electron chi connectivity index (χ0n) is 14.8. The maximum absolute atomic E-state index is 13.2. The number of carbonyl (C=O) groups is 2. The highest BCUT2D eigenvalue weighted by Crippen LogP contribution is 2.40. The largest absolute Gasteiger partial charge is 0.481 e. The van der Waals surface area contributed by atoms with E-state index in [0.29, 0.717) is 43.7 Å². The molecule has 28 heavy (non-hydrogen) atoms. The Morgan fingerprint density at radius 1 is 1.07 bits per heavy atom. The number of hydrogen-bond acceptors (Lipinski definition) is 4. The van der Waals surface area contributed by atoms with Crippen molar-refractivity contribution in [1.82, 2.24) is 9.88 Å². The minimum absolute atomic E-state index is 0.178. The summed E-state index contributed by atoms with van der Waals surface area (Å²) in [6, 6.07) is 7.73. The van der Waals surface area contributed by atoms with Gasteiger partial charge in [0.2, 0.25) is 5.91 Å². The fourth-order valence-electron chi connectivity index (χ4n) is 3.71. The molecule has 1 aromatic carbocycles. The summed E-state index contributed by atoms with van der Waals surface area (Å²) in [7, 11) is 0. The number of carbonyl (C=O) groups excluding carboxylic acids is 1. The van der Waals surface area contributed by atoms with Gasteiger partial charge in [-0.25, -0.2) is 4.98 Å². The zero-order chi connectivity index (χ0) is 20.1. The molecule has 2 aliphatic rings. The van der Waals surface area contributed by atoms with Crippen LogP contribution in [0.15, 0.2) is 30.3 Å². The van der Waals surface area contributed by atoms with Gasteiger partial charge in [0.1, 0.15) is 5.69 Å². The van der Waals surface area contributed by atoms with Crippen molar-refractivity contribution in [2.24, 2.45) is 11.8 Å². The van der Waals surface area contributed by atoms with Gasteiger partial charge in [-0.05, 0) is 18.6 Å². The number of carboxylic acid groups (broad SMARTS) is 1. The number of pyridine rings is 1. The fourth-order valence-corrected chi connectivity index (χ4v) is 3.71. The molecule has 1 aliphatic heterocycles. The summed E-state index contributed by atoms with van der Waals surface area (Å²) in [6.07, 6.45) is -4.19. The predicted molar refractivity (Wildman–Crippen MR) is 94.8 cm³/mol. The Morgan fingerprint density at radius 2 is 1.75 bits per heavy atom. The smallest absolute Gasteiger partial charge is 0.433 e. The number of hydrogen-bond donors (Lipinski definition) is 1. The van der Waals surface area contributed by atoms with Gasteiger partial charge < -0.3 is 14.9 Å². The lowest BCUT2D eigenvalue weighted by Gasteiger charge is -2.37. The molecule has 1 saturated heterocycles. The molecule has 4 rings (SSSR count). The van der Waals surface area contributed by atoms with Crippen LogP contribution in [0.3, 0.4) is 0 Å². The van der Waals surface area contributed by atoms with Crippen molar-refractivity contribution < 1.29 is 27.9 Å². The summed E-state index contributed by atoms with van der Waals surface area (Å²) in [4.78, 5) is 30.5. The topological polar surface area (TPSA) is 73.7 Å². The Kier molecular flexibility index (Phi) is 4.40. The van der Waals surface area contributed by atoms with Gasteiger partial charge in [-0.15, -0.1) is 0 Å². The third-order valence-corrected chi connectivity index (χ3v) is 5.34. The average Bonchev–Trinajstić information content (AvgIpc) is 3.47. The number of aliphatic carboxylic acids is 1. The molecule has 0 spiro atoms. The lowest BCUT2D eigenvalue weighted by molar-refractivity contribution is -0.142. The number of nitrogens with zero attached hydrogens (tertiary/aromatic N) is 3. The Hall–Kier alpha value is -2.84. The number of aromatic nitrogens is 1. The lowest BCUT2D eigenvalue weighted by Crippen LogP contribution is -2.49. The van der Waals surface area contributed by atoms with Gasteiger partial charge in [0.05, 0.1) is 17.4 Å². The van der Waals surface area contributed by atoms with Crippen molar-refractivity contribution in [3.63, 3.8) is 0 Å². The van der Waals surface area contributed by atoms with Crippen LogP contribution in [-0.4, -0.2) is 53.0 Å². The molecule has 0 bridgehead atoms. The first-order chi connectivity index (χ1) is 13.3. The number of alkyl halides is 3. The number of carboxylic acids is 1. The number of amides is 1. The molecule has 2 aromatic rings. The first-order valence-corrected chi connectivity index (χ1v) is 8.99. The lowest BCUT2D eigenvalue weighted by atomic mass is 10.1. The van der Waals surface area contributed by atoms with Crippen molar-refractivity contribution in [3.05, 3.63) is 36.0 Å². The van der Waals surface area contributed by atoms with Crippen LogP contribution in [0.25, 0.3) is 10.9 Å². The van der Waals surface area contributed by atoms with E-state index >= 15 is 0 Å². The molecule has 2 atom stereocenters. The number of anilines is 1. The highest BCUT2D eigenvalue weighted by molar-refractivity contribution is 5.92. The first-order valence-electron chi connectivity index (χ1n) is 8.99. The molecular formula is C19H18F3N3O3. The molecule has 148 valence electrons. The number of halogens is 3. The molecule has 1 amide bonds. The van der Waals surface area contributed by atoms with Crippen LogP contribution in [0, 0.1) is 11.8 Å². The molecule has 2 heterocycles. The second-order valence-electron chi connectivity index (χ2n) is 7.14. The van der Waals surface area contributed by atoms with E-state index in [-0.39, 0.29) is 11.4 Å². The van der Waals surface area contributed by atoms with Gasteiger partial charge in [-0.1, -0.05) is 18.2 Å². The monoisotopic (exact) mass is 393 g/mol. The average molecular weight is 393 g/mol. The van der Waals surface area contributed by atoms with E-state index in [4.69, 9.17) is 5.11 Å². The summed E-state index contributed by atoms with van der Waals surface area (Å²) in [5.74, 6) is -2.21. The standard InChI is InChI=1S/C19H18F3N3O3/c20-19(21,22)16-10-15(11-3-1-2-4-14(11)23-16)24-5-7-25(8-6-24)17(26)12-9-13(12)18(27)28/h1-4,10,12-13H,5-9H2,(H,27,28). The van der Waals surface area contributed by atoms with Crippen molar-refractivity contribution in [2.75, 3.05) is 31.1 Å². The molecule has 1 aliphatic carbocycles. The minimum Gasteiger partial charge on any atom is -0.481 e. The molecule has 2 unspecified atom stereocenters. The molecule has 6 nitrogen and oxygen atoms in total. The Morgan fingerprint density at radius 3 is 2.36 bits per heavy atom. The number of rotatable bonds is 3. The highest BCUT2D eigenvalue weighted by atomic mass is 19.4. The maximum atomic E-state index is 13.2. The summed E-state index contributed by atoms with van der Waals surface area (Å²) >= 11 is 0. The van der Waals surface area contributed by atoms with Crippen molar-refractivity contribution in [3.8, 4) is 0 Å². The summed E-state index contributed by atoms with van der Waals surface area (Å²) in [6.45, 7) is 1.45. The van der Waals surface area contributed by atoms with E-state index in [1.807, 2.05) is 4.90 Å². The number of piperazine rings is 1. The third-order valence-electron chi connectivity index (χ3n) is 5.34. The van der Waals surface area contributed by atoms with Gasteiger partial charge in [0.15, 0.2) is 0 Å². The van der Waals surface area contributed by atoms with Crippen molar-refractivity contribution >= 4 is 28.5 Å². The second-order valence-corrected chi connectivity index (χ2v) is 7.14. The Bertz CT molecular complexity index is 939. The highest BCUT2D eigenvalue weighted by Gasteiger charge is 2.50. The van der Waals surface area contributed by atoms with Crippen LogP contribution < -0.4 is 4.90 Å². The Labute approximate surface area is 158 Å². The van der Waals surface area contributed by atoms with Crippen LogP contribution in [0.2, 0.25) is 0 Å². The van der Waals surface area contributed by atoms with Gasteiger partial charge >= 0.3 is 12.1 Å². The van der Waals surface area contributed by atoms with E-state index in [9.17, 15) is 22.8 Å². The van der Waals surface area contributed by atoms with Gasteiger partial charge in [0, 0.05) is 37.3 Å². The van der Waals surface area contributed by atoms with Crippen LogP contribution in [0.4, 0.5) is 18.9 Å². The SMILES string of the molecule is O=C(O)C1CC1C(=O)N1CCN(c2cc(C(F)(F)F)nc3ccccc23)CC1. The van der Waals surface area contributed by atoms with Gasteiger partial charge in [-0.3, -0.25) is 9.59 Å². The molecule has 1 saturated carbocycles. The molecule has 9 heteroatoms. The van der Waals surface area contributed by atoms with Gasteiger partial charge in [-0.2, -0.15) is 13.2 Å². The predicted octanol–water partition coefficient (Wildman–Crippen LogP) is 2.62. The van der Waals surface area contributed by atoms with Crippen molar-refractivity contribution in [1.29, 1.82) is 0 Å².